The predicted octanol–water partition coefficient (Wildman–Crippen LogP) is 2.17. The summed E-state index contributed by atoms with van der Waals surface area (Å²) in [6, 6.07) is 8.60. The maximum Gasteiger partial charge on any atom is 0.227 e. The molecule has 1 aromatic carbocycles. The van der Waals surface area contributed by atoms with Gasteiger partial charge in [0.2, 0.25) is 5.95 Å². The van der Waals surface area contributed by atoms with Gasteiger partial charge in [-0.3, -0.25) is 0 Å². The van der Waals surface area contributed by atoms with Crippen molar-refractivity contribution in [1.82, 2.24) is 14.9 Å². The van der Waals surface area contributed by atoms with Crippen LogP contribution in [0.5, 0.6) is 0 Å². The number of morpholine rings is 1. The molecule has 2 aromatic rings. The number of aromatic nitrogens is 2. The second-order valence-electron chi connectivity index (χ2n) is 6.25. The van der Waals surface area contributed by atoms with Crippen LogP contribution >= 0.6 is 0 Å². The fraction of sp³-hybridized carbons (Fsp3) is 0.444. The Morgan fingerprint density at radius 3 is 2.60 bits per heavy atom. The highest BCUT2D eigenvalue weighted by Crippen LogP contribution is 2.20. The van der Waals surface area contributed by atoms with E-state index in [1.165, 1.54) is 12.1 Å². The van der Waals surface area contributed by atoms with Crippen molar-refractivity contribution in [2.45, 2.75) is 6.04 Å². The molecule has 7 heteroatoms. The molecule has 1 atom stereocenters. The number of rotatable bonds is 6. The van der Waals surface area contributed by atoms with Crippen molar-refractivity contribution in [2.24, 2.45) is 0 Å². The first-order valence-corrected chi connectivity index (χ1v) is 8.45. The van der Waals surface area contributed by atoms with Gasteiger partial charge in [0, 0.05) is 25.8 Å². The maximum absolute atomic E-state index is 13.2. The second-order valence-corrected chi connectivity index (χ2v) is 6.25. The highest BCUT2D eigenvalue weighted by atomic mass is 19.1. The molecule has 0 amide bonds. The molecule has 0 saturated carbocycles. The number of hydrogen-bond donors (Lipinski definition) is 1. The highest BCUT2D eigenvalue weighted by Gasteiger charge is 2.16. The summed E-state index contributed by atoms with van der Waals surface area (Å²) in [7, 11) is 4.02. The van der Waals surface area contributed by atoms with E-state index in [-0.39, 0.29) is 11.9 Å². The van der Waals surface area contributed by atoms with Crippen LogP contribution in [0.4, 0.5) is 16.2 Å². The van der Waals surface area contributed by atoms with Crippen molar-refractivity contribution in [3.8, 4) is 0 Å². The number of anilines is 2. The fourth-order valence-corrected chi connectivity index (χ4v) is 2.85. The largest absolute Gasteiger partial charge is 0.378 e. The van der Waals surface area contributed by atoms with Gasteiger partial charge in [0.15, 0.2) is 0 Å². The zero-order valence-electron chi connectivity index (χ0n) is 14.7. The van der Waals surface area contributed by atoms with Crippen LogP contribution < -0.4 is 10.2 Å². The zero-order chi connectivity index (χ0) is 17.6. The molecule has 0 aliphatic carbocycles. The van der Waals surface area contributed by atoms with Crippen LogP contribution in [0.15, 0.2) is 36.5 Å². The monoisotopic (exact) mass is 345 g/mol. The molecular formula is C18H24FN5O. The van der Waals surface area contributed by atoms with Crippen LogP contribution in [0, 0.1) is 5.82 Å². The molecule has 0 unspecified atom stereocenters. The van der Waals surface area contributed by atoms with Gasteiger partial charge in [-0.15, -0.1) is 0 Å². The second kappa shape index (κ2) is 8.22. The summed E-state index contributed by atoms with van der Waals surface area (Å²) in [4.78, 5) is 13.2. The van der Waals surface area contributed by atoms with Crippen molar-refractivity contribution in [3.63, 3.8) is 0 Å². The predicted molar refractivity (Wildman–Crippen MR) is 96.4 cm³/mol. The third-order valence-electron chi connectivity index (χ3n) is 4.29. The van der Waals surface area contributed by atoms with Gasteiger partial charge < -0.3 is 19.9 Å². The molecule has 1 aromatic heterocycles. The van der Waals surface area contributed by atoms with Gasteiger partial charge in [-0.2, -0.15) is 4.98 Å². The minimum atomic E-state index is -0.222. The summed E-state index contributed by atoms with van der Waals surface area (Å²) in [6.07, 6.45) is 1.77. The number of halogens is 1. The lowest BCUT2D eigenvalue weighted by Crippen LogP contribution is -2.37. The minimum Gasteiger partial charge on any atom is -0.378 e. The summed E-state index contributed by atoms with van der Waals surface area (Å²) in [5.74, 6) is 1.28. The van der Waals surface area contributed by atoms with Crippen LogP contribution in [-0.2, 0) is 4.74 Å². The van der Waals surface area contributed by atoms with Gasteiger partial charge >= 0.3 is 0 Å². The molecule has 3 rings (SSSR count). The summed E-state index contributed by atoms with van der Waals surface area (Å²) < 4.78 is 18.5. The van der Waals surface area contributed by atoms with Crippen molar-refractivity contribution in [3.05, 3.63) is 47.9 Å². The third-order valence-corrected chi connectivity index (χ3v) is 4.29. The lowest BCUT2D eigenvalue weighted by atomic mass is 10.1. The third kappa shape index (κ3) is 4.64. The number of ether oxygens (including phenoxy) is 1. The molecule has 134 valence electrons. The van der Waals surface area contributed by atoms with Crippen LogP contribution in [0.2, 0.25) is 0 Å². The highest BCUT2D eigenvalue weighted by molar-refractivity contribution is 5.42. The van der Waals surface area contributed by atoms with Crippen LogP contribution in [0.25, 0.3) is 0 Å². The van der Waals surface area contributed by atoms with Gasteiger partial charge in [0.05, 0.1) is 19.3 Å². The summed E-state index contributed by atoms with van der Waals surface area (Å²) >= 11 is 0. The molecule has 2 heterocycles. The zero-order valence-corrected chi connectivity index (χ0v) is 14.7. The molecule has 6 nitrogen and oxygen atoms in total. The van der Waals surface area contributed by atoms with Crippen LogP contribution in [0.1, 0.15) is 11.6 Å². The summed E-state index contributed by atoms with van der Waals surface area (Å²) in [5.41, 5.74) is 1.06. The van der Waals surface area contributed by atoms with E-state index in [0.29, 0.717) is 19.8 Å². The van der Waals surface area contributed by atoms with Gasteiger partial charge in [-0.05, 0) is 37.9 Å². The molecule has 1 fully saturated rings. The van der Waals surface area contributed by atoms with E-state index >= 15 is 0 Å². The van der Waals surface area contributed by atoms with Crippen LogP contribution in [-0.4, -0.2) is 61.8 Å². The molecule has 0 spiro atoms. The van der Waals surface area contributed by atoms with Gasteiger partial charge in [0.25, 0.3) is 0 Å². The van der Waals surface area contributed by atoms with Gasteiger partial charge in [-0.1, -0.05) is 12.1 Å². The lowest BCUT2D eigenvalue weighted by molar-refractivity contribution is 0.122. The lowest BCUT2D eigenvalue weighted by Gasteiger charge is -2.27. The molecule has 0 radical (unpaired) electrons. The Hall–Kier alpha value is -2.25. The van der Waals surface area contributed by atoms with Crippen molar-refractivity contribution in [1.29, 1.82) is 0 Å². The quantitative estimate of drug-likeness (QED) is 0.866. The number of nitrogens with one attached hydrogen (secondary N) is 1. The maximum atomic E-state index is 13.2. The van der Waals surface area contributed by atoms with Gasteiger partial charge in [-0.25, -0.2) is 9.37 Å². The molecular weight excluding hydrogens is 321 g/mol. The number of hydrogen-bond acceptors (Lipinski definition) is 6. The first-order chi connectivity index (χ1) is 12.1. The van der Waals surface area contributed by atoms with Crippen molar-refractivity contribution >= 4 is 11.8 Å². The fourth-order valence-electron chi connectivity index (χ4n) is 2.85. The summed E-state index contributed by atoms with van der Waals surface area (Å²) in [5, 5.41) is 3.37. The normalized spacial score (nSPS) is 16.1. The van der Waals surface area contributed by atoms with E-state index < -0.39 is 0 Å². The Kier molecular flexibility index (Phi) is 5.78. The number of nitrogens with zero attached hydrogens (tertiary/aromatic N) is 4. The van der Waals surface area contributed by atoms with E-state index in [9.17, 15) is 4.39 Å². The first kappa shape index (κ1) is 17.6. The molecule has 1 aliphatic heterocycles. The van der Waals surface area contributed by atoms with E-state index in [1.54, 1.807) is 6.20 Å². The molecule has 1 N–H and O–H groups in total. The molecule has 1 aliphatic rings. The Bertz CT molecular complexity index is 673. The minimum absolute atomic E-state index is 0.113. The summed E-state index contributed by atoms with van der Waals surface area (Å²) in [6.45, 7) is 3.68. The first-order valence-electron chi connectivity index (χ1n) is 8.45. The van der Waals surface area contributed by atoms with E-state index in [1.807, 2.05) is 32.3 Å². The van der Waals surface area contributed by atoms with Crippen molar-refractivity contribution in [2.75, 3.05) is 57.2 Å². The van der Waals surface area contributed by atoms with Gasteiger partial charge in [0.1, 0.15) is 11.6 Å². The average molecular weight is 345 g/mol. The molecule has 1 saturated heterocycles. The number of likely N-dealkylation sites (N-methyl/N-ethyl adjacent to an activating group) is 1. The number of benzene rings is 1. The van der Waals surface area contributed by atoms with E-state index in [2.05, 4.69) is 25.1 Å². The average Bonchev–Trinajstić information content (AvgIpc) is 2.64. The smallest absolute Gasteiger partial charge is 0.227 e. The Morgan fingerprint density at radius 1 is 1.20 bits per heavy atom. The van der Waals surface area contributed by atoms with E-state index in [0.717, 1.165) is 30.4 Å². The standard InChI is InChI=1S/C18H24FN5O/c1-23(2)16(14-3-5-15(19)6-4-14)13-21-17-7-8-20-18(22-17)24-9-11-25-12-10-24/h3-8,16H,9-13H2,1-2H3,(H,20,21,22)/t16-/m1/s1. The van der Waals surface area contributed by atoms with Crippen molar-refractivity contribution < 1.29 is 9.13 Å². The molecule has 0 bridgehead atoms. The van der Waals surface area contributed by atoms with E-state index in [4.69, 9.17) is 4.74 Å². The SMILES string of the molecule is CN(C)[C@H](CNc1ccnc(N2CCOCC2)n1)c1ccc(F)cc1. The topological polar surface area (TPSA) is 53.5 Å². The Labute approximate surface area is 147 Å². The Balaban J connectivity index is 1.67. The van der Waals surface area contributed by atoms with Crippen LogP contribution in [0.3, 0.4) is 0 Å². The Morgan fingerprint density at radius 2 is 1.92 bits per heavy atom. The molecule has 25 heavy (non-hydrogen) atoms.